The van der Waals surface area contributed by atoms with E-state index >= 15 is 0 Å². The summed E-state index contributed by atoms with van der Waals surface area (Å²) in [6, 6.07) is 8.88. The van der Waals surface area contributed by atoms with Crippen LogP contribution in [0.5, 0.6) is 0 Å². The summed E-state index contributed by atoms with van der Waals surface area (Å²) in [6.45, 7) is 13.1. The van der Waals surface area contributed by atoms with Gasteiger partial charge in [0.25, 0.3) is 0 Å². The Bertz CT molecular complexity index is 453. The SMILES string of the molecule is C[CH2][Ge]([CH2]C)([CH2]C)[c]1ccccc1B1OCC(C)(C)CO1. The standard InChI is InChI=1S/C17H29BGeO2/c1-6-19(7-2,8-3)16-12-10-9-11-15(16)18-20-13-17(4,5)14-21-18/h9-12H,6-8,13-14H2,1-5H3. The molecule has 2 nitrogen and oxygen atoms in total. The third-order valence-corrected chi connectivity index (χ3v) is 16.9. The molecule has 0 N–H and O–H groups in total. The molecule has 0 amide bonds. The van der Waals surface area contributed by atoms with Gasteiger partial charge in [-0.1, -0.05) is 0 Å². The van der Waals surface area contributed by atoms with E-state index in [1.165, 1.54) is 21.2 Å². The molecule has 21 heavy (non-hydrogen) atoms. The summed E-state index contributed by atoms with van der Waals surface area (Å²) in [4.78, 5) is 0. The van der Waals surface area contributed by atoms with Crippen LogP contribution in [-0.4, -0.2) is 33.6 Å². The fraction of sp³-hybridized carbons (Fsp3) is 0.647. The van der Waals surface area contributed by atoms with Crippen molar-refractivity contribution >= 4 is 30.2 Å². The van der Waals surface area contributed by atoms with Crippen LogP contribution in [0.3, 0.4) is 0 Å². The van der Waals surface area contributed by atoms with Gasteiger partial charge in [-0.3, -0.25) is 0 Å². The molecule has 1 aromatic rings. The van der Waals surface area contributed by atoms with Gasteiger partial charge >= 0.3 is 133 Å². The van der Waals surface area contributed by atoms with Crippen LogP contribution in [0.25, 0.3) is 0 Å². The third kappa shape index (κ3) is 3.57. The Morgan fingerprint density at radius 1 is 1.00 bits per heavy atom. The molecule has 0 aliphatic carbocycles. The molecule has 0 radical (unpaired) electrons. The Kier molecular flexibility index (Phi) is 5.61. The molecule has 116 valence electrons. The first-order valence-corrected chi connectivity index (χ1v) is 13.8. The topological polar surface area (TPSA) is 18.5 Å². The molecule has 0 bridgehead atoms. The molecular weight excluding hydrogens is 320 g/mol. The Morgan fingerprint density at radius 2 is 1.52 bits per heavy atom. The van der Waals surface area contributed by atoms with Crippen LogP contribution in [0.15, 0.2) is 24.3 Å². The van der Waals surface area contributed by atoms with Crippen molar-refractivity contribution in [3.63, 3.8) is 0 Å². The molecule has 1 saturated heterocycles. The summed E-state index contributed by atoms with van der Waals surface area (Å²) in [7, 11) is -0.163. The van der Waals surface area contributed by atoms with Crippen LogP contribution in [0.2, 0.25) is 15.8 Å². The van der Waals surface area contributed by atoms with Crippen molar-refractivity contribution < 1.29 is 9.31 Å². The van der Waals surface area contributed by atoms with Gasteiger partial charge in [-0.25, -0.2) is 0 Å². The van der Waals surface area contributed by atoms with Gasteiger partial charge < -0.3 is 0 Å². The van der Waals surface area contributed by atoms with Crippen molar-refractivity contribution in [1.29, 1.82) is 0 Å². The molecule has 1 heterocycles. The van der Waals surface area contributed by atoms with E-state index in [4.69, 9.17) is 9.31 Å². The van der Waals surface area contributed by atoms with Crippen molar-refractivity contribution in [1.82, 2.24) is 0 Å². The number of hydrogen-bond acceptors (Lipinski definition) is 2. The molecular formula is C17H29BGeO2. The summed E-state index contributed by atoms with van der Waals surface area (Å²) >= 11 is -2.00. The van der Waals surface area contributed by atoms with Crippen molar-refractivity contribution in [3.8, 4) is 0 Å². The molecule has 2 rings (SSSR count). The fourth-order valence-electron chi connectivity index (χ4n) is 3.38. The number of benzene rings is 1. The van der Waals surface area contributed by atoms with Crippen LogP contribution in [0.1, 0.15) is 34.6 Å². The zero-order valence-corrected chi connectivity index (χ0v) is 16.3. The molecule has 1 aliphatic heterocycles. The van der Waals surface area contributed by atoms with Gasteiger partial charge in [0.05, 0.1) is 0 Å². The van der Waals surface area contributed by atoms with E-state index in [0.717, 1.165) is 13.2 Å². The van der Waals surface area contributed by atoms with E-state index in [1.807, 2.05) is 0 Å². The first kappa shape index (κ1) is 17.1. The van der Waals surface area contributed by atoms with Gasteiger partial charge in [0, 0.05) is 0 Å². The summed E-state index contributed by atoms with van der Waals surface area (Å²) < 4.78 is 13.7. The number of hydrogen-bond donors (Lipinski definition) is 0. The van der Waals surface area contributed by atoms with Crippen LogP contribution < -0.4 is 9.86 Å². The Balaban J connectivity index is 2.33. The zero-order valence-electron chi connectivity index (χ0n) is 14.2. The first-order chi connectivity index (χ1) is 9.98. The van der Waals surface area contributed by atoms with E-state index in [-0.39, 0.29) is 12.5 Å². The van der Waals surface area contributed by atoms with E-state index in [9.17, 15) is 0 Å². The Morgan fingerprint density at radius 3 is 2.05 bits per heavy atom. The van der Waals surface area contributed by atoms with Gasteiger partial charge in [0.1, 0.15) is 0 Å². The zero-order chi connectivity index (χ0) is 15.5. The van der Waals surface area contributed by atoms with Crippen molar-refractivity contribution in [2.75, 3.05) is 13.2 Å². The molecule has 1 fully saturated rings. The van der Waals surface area contributed by atoms with Crippen molar-refractivity contribution in [2.45, 2.75) is 50.4 Å². The van der Waals surface area contributed by atoms with Crippen LogP contribution in [0, 0.1) is 5.41 Å². The normalized spacial score (nSPS) is 18.8. The molecule has 0 spiro atoms. The summed E-state index contributed by atoms with van der Waals surface area (Å²) in [5, 5.41) is 4.01. The van der Waals surface area contributed by atoms with E-state index in [0.29, 0.717) is 0 Å². The maximum absolute atomic E-state index is 6.06. The van der Waals surface area contributed by atoms with Crippen LogP contribution in [-0.2, 0) is 9.31 Å². The minimum absolute atomic E-state index is 0.129. The fourth-order valence-corrected chi connectivity index (χ4v) is 11.6. The third-order valence-electron chi connectivity index (χ3n) is 5.07. The van der Waals surface area contributed by atoms with Gasteiger partial charge in [0.15, 0.2) is 0 Å². The second-order valence-electron chi connectivity index (χ2n) is 7.05. The summed E-state index contributed by atoms with van der Waals surface area (Å²) in [5.41, 5.74) is 1.43. The molecule has 4 heteroatoms. The summed E-state index contributed by atoms with van der Waals surface area (Å²) in [6.07, 6.45) is 0. The van der Waals surface area contributed by atoms with Crippen molar-refractivity contribution in [3.05, 3.63) is 24.3 Å². The van der Waals surface area contributed by atoms with Gasteiger partial charge in [-0.2, -0.15) is 0 Å². The second kappa shape index (κ2) is 6.89. The Hall–Kier alpha value is -0.252. The monoisotopic (exact) mass is 350 g/mol. The van der Waals surface area contributed by atoms with Crippen LogP contribution >= 0.6 is 0 Å². The molecule has 0 aromatic heterocycles. The molecule has 0 unspecified atom stereocenters. The van der Waals surface area contributed by atoms with E-state index in [1.54, 1.807) is 4.40 Å². The number of rotatable bonds is 5. The molecule has 1 aliphatic rings. The average Bonchev–Trinajstić information content (AvgIpc) is 2.50. The second-order valence-corrected chi connectivity index (χ2v) is 18.0. The van der Waals surface area contributed by atoms with E-state index < -0.39 is 13.3 Å². The molecule has 0 atom stereocenters. The molecule has 0 saturated carbocycles. The van der Waals surface area contributed by atoms with Gasteiger partial charge in [0.2, 0.25) is 0 Å². The van der Waals surface area contributed by atoms with Crippen molar-refractivity contribution in [2.24, 2.45) is 5.41 Å². The molecule has 1 aromatic carbocycles. The predicted molar refractivity (Wildman–Crippen MR) is 94.3 cm³/mol. The average molecular weight is 349 g/mol. The minimum atomic E-state index is -2.00. The van der Waals surface area contributed by atoms with Crippen LogP contribution in [0.4, 0.5) is 0 Å². The van der Waals surface area contributed by atoms with E-state index in [2.05, 4.69) is 58.9 Å². The first-order valence-electron chi connectivity index (χ1n) is 8.30. The van der Waals surface area contributed by atoms with Gasteiger partial charge in [-0.05, 0) is 0 Å². The Labute approximate surface area is 133 Å². The maximum atomic E-state index is 6.06. The predicted octanol–water partition coefficient (Wildman–Crippen LogP) is 3.17. The summed E-state index contributed by atoms with van der Waals surface area (Å²) in [5.74, 6) is 0. The van der Waals surface area contributed by atoms with Gasteiger partial charge in [-0.15, -0.1) is 0 Å². The quantitative estimate of drug-likeness (QED) is 0.761.